The molecule has 0 amide bonds. The molecule has 0 aromatic carbocycles. The van der Waals surface area contributed by atoms with Crippen molar-refractivity contribution in [2.45, 2.75) is 13.3 Å². The molecule has 0 spiro atoms. The van der Waals surface area contributed by atoms with Gasteiger partial charge in [0.05, 0.1) is 0 Å². The van der Waals surface area contributed by atoms with Crippen molar-refractivity contribution >= 4 is 11.5 Å². The molecule has 0 radical (unpaired) electrons. The van der Waals surface area contributed by atoms with Gasteiger partial charge in [-0.05, 0) is 25.0 Å². The lowest BCUT2D eigenvalue weighted by molar-refractivity contribution is 0.292. The molecule has 6 heteroatoms. The van der Waals surface area contributed by atoms with E-state index in [9.17, 15) is 0 Å². The molecule has 0 saturated heterocycles. The minimum atomic E-state index is 0.181. The molecule has 15 heavy (non-hydrogen) atoms. The Morgan fingerprint density at radius 2 is 2.40 bits per heavy atom. The van der Waals surface area contributed by atoms with Gasteiger partial charge in [-0.3, -0.25) is 0 Å². The topological polar surface area (TPSA) is 75.3 Å². The zero-order chi connectivity index (χ0) is 10.7. The van der Waals surface area contributed by atoms with E-state index in [1.807, 2.05) is 13.0 Å². The second kappa shape index (κ2) is 4.22. The summed E-state index contributed by atoms with van der Waals surface area (Å²) in [6, 6.07) is 1.92. The van der Waals surface area contributed by atoms with E-state index in [1.54, 1.807) is 10.8 Å². The first kappa shape index (κ1) is 9.85. The highest BCUT2D eigenvalue weighted by Crippen LogP contribution is 2.10. The maximum absolute atomic E-state index is 8.65. The lowest BCUT2D eigenvalue weighted by Crippen LogP contribution is -2.07. The maximum atomic E-state index is 8.65. The monoisotopic (exact) mass is 207 g/mol. The van der Waals surface area contributed by atoms with Crippen molar-refractivity contribution in [3.05, 3.63) is 18.0 Å². The fourth-order valence-electron chi connectivity index (χ4n) is 1.36. The smallest absolute Gasteiger partial charge is 0.180 e. The van der Waals surface area contributed by atoms with Gasteiger partial charge in [0.1, 0.15) is 12.1 Å². The van der Waals surface area contributed by atoms with E-state index >= 15 is 0 Å². The van der Waals surface area contributed by atoms with Crippen LogP contribution in [0.1, 0.15) is 12.0 Å². The molecule has 0 aliphatic rings. The van der Waals surface area contributed by atoms with E-state index in [0.29, 0.717) is 13.0 Å². The van der Waals surface area contributed by atoms with Crippen LogP contribution >= 0.6 is 0 Å². The van der Waals surface area contributed by atoms with Gasteiger partial charge in [-0.15, -0.1) is 15.3 Å². The SMILES string of the molecule is Cc1cc(NCCCO)nn2cnnc12. The molecule has 6 nitrogen and oxygen atoms in total. The van der Waals surface area contributed by atoms with Crippen molar-refractivity contribution in [2.75, 3.05) is 18.5 Å². The molecule has 0 saturated carbocycles. The fraction of sp³-hybridized carbons (Fsp3) is 0.444. The molecule has 0 bridgehead atoms. The van der Waals surface area contributed by atoms with Gasteiger partial charge in [0.15, 0.2) is 5.65 Å². The minimum absolute atomic E-state index is 0.181. The van der Waals surface area contributed by atoms with E-state index < -0.39 is 0 Å². The molecule has 2 heterocycles. The van der Waals surface area contributed by atoms with Gasteiger partial charge < -0.3 is 10.4 Å². The van der Waals surface area contributed by atoms with Gasteiger partial charge in [-0.1, -0.05) is 0 Å². The summed E-state index contributed by atoms with van der Waals surface area (Å²) in [5.74, 6) is 0.772. The molecule has 80 valence electrons. The summed E-state index contributed by atoms with van der Waals surface area (Å²) in [7, 11) is 0. The van der Waals surface area contributed by atoms with Crippen molar-refractivity contribution in [2.24, 2.45) is 0 Å². The molecular formula is C9H13N5O. The molecule has 0 atom stereocenters. The third kappa shape index (κ3) is 2.04. The number of fused-ring (bicyclic) bond motifs is 1. The highest BCUT2D eigenvalue weighted by molar-refractivity contribution is 5.50. The highest BCUT2D eigenvalue weighted by Gasteiger charge is 2.03. The molecule has 0 unspecified atom stereocenters. The van der Waals surface area contributed by atoms with Crippen molar-refractivity contribution in [3.63, 3.8) is 0 Å². The van der Waals surface area contributed by atoms with Crippen LogP contribution in [0.4, 0.5) is 5.82 Å². The molecule has 2 aromatic rings. The van der Waals surface area contributed by atoms with Crippen LogP contribution < -0.4 is 5.32 Å². The van der Waals surface area contributed by atoms with Gasteiger partial charge in [0.25, 0.3) is 0 Å². The quantitative estimate of drug-likeness (QED) is 0.702. The number of rotatable bonds is 4. The van der Waals surface area contributed by atoms with Crippen LogP contribution in [0.5, 0.6) is 0 Å². The average Bonchev–Trinajstić information content (AvgIpc) is 2.66. The summed E-state index contributed by atoms with van der Waals surface area (Å²) < 4.78 is 1.64. The van der Waals surface area contributed by atoms with Crippen molar-refractivity contribution < 1.29 is 5.11 Å². The molecule has 0 fully saturated rings. The summed E-state index contributed by atoms with van der Waals surface area (Å²) in [5.41, 5.74) is 1.79. The van der Waals surface area contributed by atoms with Crippen molar-refractivity contribution in [1.82, 2.24) is 19.8 Å². The summed E-state index contributed by atoms with van der Waals surface area (Å²) in [6.07, 6.45) is 2.28. The van der Waals surface area contributed by atoms with Crippen LogP contribution in [0.2, 0.25) is 0 Å². The summed E-state index contributed by atoms with van der Waals surface area (Å²) in [4.78, 5) is 0. The maximum Gasteiger partial charge on any atom is 0.180 e. The van der Waals surface area contributed by atoms with Crippen LogP contribution in [0.3, 0.4) is 0 Å². The van der Waals surface area contributed by atoms with Gasteiger partial charge in [0, 0.05) is 13.2 Å². The second-order valence-corrected chi connectivity index (χ2v) is 3.32. The van der Waals surface area contributed by atoms with E-state index in [2.05, 4.69) is 20.6 Å². The Morgan fingerprint density at radius 1 is 1.53 bits per heavy atom. The zero-order valence-corrected chi connectivity index (χ0v) is 8.51. The van der Waals surface area contributed by atoms with Gasteiger partial charge >= 0.3 is 0 Å². The number of aliphatic hydroxyl groups excluding tert-OH is 1. The Hall–Kier alpha value is -1.69. The number of anilines is 1. The third-order valence-electron chi connectivity index (χ3n) is 2.09. The number of aliphatic hydroxyl groups is 1. The number of hydrogen-bond acceptors (Lipinski definition) is 5. The van der Waals surface area contributed by atoms with Gasteiger partial charge in [0.2, 0.25) is 0 Å². The number of hydrogen-bond donors (Lipinski definition) is 2. The Kier molecular flexibility index (Phi) is 2.77. The predicted octanol–water partition coefficient (Wildman–Crippen LogP) is 0.227. The Morgan fingerprint density at radius 3 is 3.20 bits per heavy atom. The van der Waals surface area contributed by atoms with E-state index in [4.69, 9.17) is 5.11 Å². The Balaban J connectivity index is 2.21. The van der Waals surface area contributed by atoms with Crippen LogP contribution in [0, 0.1) is 6.92 Å². The van der Waals surface area contributed by atoms with Crippen LogP contribution in [-0.2, 0) is 0 Å². The molecule has 2 aromatic heterocycles. The van der Waals surface area contributed by atoms with Crippen LogP contribution in [0.15, 0.2) is 12.4 Å². The third-order valence-corrected chi connectivity index (χ3v) is 2.09. The Labute approximate surface area is 86.9 Å². The van der Waals surface area contributed by atoms with Gasteiger partial charge in [-0.2, -0.15) is 4.52 Å². The number of nitrogens with one attached hydrogen (secondary N) is 1. The first-order valence-electron chi connectivity index (χ1n) is 4.83. The number of nitrogens with zero attached hydrogens (tertiary/aromatic N) is 4. The summed E-state index contributed by atoms with van der Waals surface area (Å²) in [6.45, 7) is 2.85. The normalized spacial score (nSPS) is 10.8. The van der Waals surface area contributed by atoms with E-state index in [1.165, 1.54) is 0 Å². The molecule has 2 rings (SSSR count). The Bertz CT molecular complexity index is 453. The molecule has 2 N–H and O–H groups in total. The minimum Gasteiger partial charge on any atom is -0.396 e. The summed E-state index contributed by atoms with van der Waals surface area (Å²) >= 11 is 0. The van der Waals surface area contributed by atoms with Gasteiger partial charge in [-0.25, -0.2) is 0 Å². The molecule has 0 aliphatic heterocycles. The largest absolute Gasteiger partial charge is 0.396 e. The first-order valence-corrected chi connectivity index (χ1v) is 4.83. The first-order chi connectivity index (χ1) is 7.31. The summed E-state index contributed by atoms with van der Waals surface area (Å²) in [5, 5.41) is 23.8. The highest BCUT2D eigenvalue weighted by atomic mass is 16.3. The predicted molar refractivity (Wildman–Crippen MR) is 55.7 cm³/mol. The lowest BCUT2D eigenvalue weighted by Gasteiger charge is -2.05. The number of aryl methyl sites for hydroxylation is 1. The fourth-order valence-corrected chi connectivity index (χ4v) is 1.36. The standard InChI is InChI=1S/C9H13N5O/c1-7-5-8(10-3-2-4-15)13-14-6-11-12-9(7)14/h5-6,15H,2-4H2,1H3,(H,10,13). The number of aromatic nitrogens is 4. The van der Waals surface area contributed by atoms with Crippen molar-refractivity contribution in [3.8, 4) is 0 Å². The zero-order valence-electron chi connectivity index (χ0n) is 8.51. The van der Waals surface area contributed by atoms with E-state index in [0.717, 1.165) is 17.0 Å². The van der Waals surface area contributed by atoms with Crippen molar-refractivity contribution in [1.29, 1.82) is 0 Å². The lowest BCUT2D eigenvalue weighted by atomic mass is 10.3. The second-order valence-electron chi connectivity index (χ2n) is 3.32. The average molecular weight is 207 g/mol. The molecular weight excluding hydrogens is 194 g/mol. The van der Waals surface area contributed by atoms with Crippen LogP contribution in [0.25, 0.3) is 5.65 Å². The van der Waals surface area contributed by atoms with E-state index in [-0.39, 0.29) is 6.61 Å². The molecule has 0 aliphatic carbocycles. The van der Waals surface area contributed by atoms with Crippen LogP contribution in [-0.4, -0.2) is 38.1 Å².